The minimum atomic E-state index is -0.651. The maximum absolute atomic E-state index is 12.7. The predicted molar refractivity (Wildman–Crippen MR) is 130 cm³/mol. The molecule has 0 fully saturated rings. The summed E-state index contributed by atoms with van der Waals surface area (Å²) in [5.74, 6) is 0.0801. The molecule has 0 saturated carbocycles. The first kappa shape index (κ1) is 23.3. The number of amides is 1. The molecular formula is C24H18N6O4S. The van der Waals surface area contributed by atoms with Crippen LogP contribution in [0.15, 0.2) is 72.4 Å². The van der Waals surface area contributed by atoms with Crippen molar-refractivity contribution in [2.75, 3.05) is 5.32 Å². The molecule has 2 heterocycles. The zero-order chi connectivity index (χ0) is 24.8. The van der Waals surface area contributed by atoms with Gasteiger partial charge in [0.15, 0.2) is 5.01 Å². The second-order valence-electron chi connectivity index (χ2n) is 7.26. The molecule has 0 aliphatic carbocycles. The van der Waals surface area contributed by atoms with Crippen molar-refractivity contribution in [2.24, 2.45) is 0 Å². The zero-order valence-electron chi connectivity index (χ0n) is 18.4. The number of ether oxygens (including phenoxy) is 1. The van der Waals surface area contributed by atoms with Crippen LogP contribution in [0.4, 0.5) is 10.8 Å². The highest BCUT2D eigenvalue weighted by molar-refractivity contribution is 7.15. The van der Waals surface area contributed by atoms with Gasteiger partial charge >= 0.3 is 0 Å². The van der Waals surface area contributed by atoms with Crippen molar-refractivity contribution < 1.29 is 14.5 Å². The highest BCUT2D eigenvalue weighted by atomic mass is 32.1. The van der Waals surface area contributed by atoms with Crippen LogP contribution in [-0.4, -0.2) is 25.6 Å². The minimum Gasteiger partial charge on any atom is -0.486 e. The molecule has 4 aromatic rings. The summed E-state index contributed by atoms with van der Waals surface area (Å²) in [6.07, 6.45) is 3.08. The van der Waals surface area contributed by atoms with Crippen LogP contribution in [0.3, 0.4) is 0 Å². The van der Waals surface area contributed by atoms with E-state index in [-0.39, 0.29) is 23.0 Å². The third-order valence-corrected chi connectivity index (χ3v) is 5.70. The second kappa shape index (κ2) is 10.4. The van der Waals surface area contributed by atoms with E-state index in [4.69, 9.17) is 4.74 Å². The maximum Gasteiger partial charge on any atom is 0.271 e. The summed E-state index contributed by atoms with van der Waals surface area (Å²) in [5, 5.41) is 32.0. The van der Waals surface area contributed by atoms with Crippen molar-refractivity contribution in [3.63, 3.8) is 0 Å². The Bertz CT molecular complexity index is 1470. The van der Waals surface area contributed by atoms with E-state index in [0.29, 0.717) is 16.4 Å². The first-order valence-electron chi connectivity index (χ1n) is 10.3. The average Bonchev–Trinajstić information content (AvgIpc) is 3.51. The SMILES string of the molecule is Cc1ccccc1OCc1nnc(NC(=O)C(C#N)=Cc2cccn2-c2cccc([N+](=O)[O-])c2)s1. The molecule has 0 saturated heterocycles. The molecule has 0 bridgehead atoms. The Morgan fingerprint density at radius 3 is 2.83 bits per heavy atom. The Kier molecular flexibility index (Phi) is 6.94. The van der Waals surface area contributed by atoms with Crippen LogP contribution >= 0.6 is 11.3 Å². The van der Waals surface area contributed by atoms with Gasteiger partial charge in [-0.25, -0.2) is 0 Å². The molecule has 0 aliphatic rings. The number of nitrogens with zero attached hydrogens (tertiary/aromatic N) is 5. The number of aromatic nitrogens is 3. The average molecular weight is 487 g/mol. The molecular weight excluding hydrogens is 468 g/mol. The molecule has 0 spiro atoms. The molecule has 174 valence electrons. The lowest BCUT2D eigenvalue weighted by Gasteiger charge is -2.07. The van der Waals surface area contributed by atoms with Crippen LogP contribution < -0.4 is 10.1 Å². The number of hydrogen-bond donors (Lipinski definition) is 1. The van der Waals surface area contributed by atoms with Gasteiger partial charge in [0.05, 0.1) is 10.6 Å². The Labute approximate surface area is 203 Å². The number of para-hydroxylation sites is 1. The van der Waals surface area contributed by atoms with E-state index < -0.39 is 10.8 Å². The first-order chi connectivity index (χ1) is 16.9. The van der Waals surface area contributed by atoms with Crippen LogP contribution in [0.25, 0.3) is 11.8 Å². The summed E-state index contributed by atoms with van der Waals surface area (Å²) in [7, 11) is 0. The van der Waals surface area contributed by atoms with Crippen molar-refractivity contribution in [2.45, 2.75) is 13.5 Å². The minimum absolute atomic E-state index is 0.0668. The van der Waals surface area contributed by atoms with Crippen molar-refractivity contribution in [1.29, 1.82) is 5.26 Å². The molecule has 0 atom stereocenters. The van der Waals surface area contributed by atoms with Gasteiger partial charge in [-0.05, 0) is 42.8 Å². The van der Waals surface area contributed by atoms with Crippen LogP contribution in [-0.2, 0) is 11.4 Å². The standard InChI is InChI=1S/C24H18N6O4S/c1-16-6-2-3-10-21(16)34-15-22-27-28-24(35-22)26-23(31)17(14-25)12-18-9-5-11-29(18)19-7-4-8-20(13-19)30(32)33/h2-13H,15H2,1H3,(H,26,28,31). The van der Waals surface area contributed by atoms with Gasteiger partial charge in [0.25, 0.3) is 11.6 Å². The Morgan fingerprint density at radius 2 is 2.06 bits per heavy atom. The van der Waals surface area contributed by atoms with Crippen LogP contribution in [0, 0.1) is 28.4 Å². The van der Waals surface area contributed by atoms with Gasteiger partial charge in [-0.1, -0.05) is 35.6 Å². The molecule has 10 nitrogen and oxygen atoms in total. The first-order valence-corrected chi connectivity index (χ1v) is 11.1. The van der Waals surface area contributed by atoms with Gasteiger partial charge in [0, 0.05) is 24.0 Å². The number of nitriles is 1. The second-order valence-corrected chi connectivity index (χ2v) is 8.32. The number of carbonyl (C=O) groups excluding carboxylic acids is 1. The number of benzene rings is 2. The van der Waals surface area contributed by atoms with Gasteiger partial charge in [-0.2, -0.15) is 5.26 Å². The van der Waals surface area contributed by atoms with Crippen molar-refractivity contribution in [1.82, 2.24) is 14.8 Å². The molecule has 0 unspecified atom stereocenters. The van der Waals surface area contributed by atoms with Crippen molar-refractivity contribution in [3.8, 4) is 17.5 Å². The van der Waals surface area contributed by atoms with Crippen molar-refractivity contribution in [3.05, 3.63) is 98.8 Å². The molecule has 0 radical (unpaired) electrons. The molecule has 35 heavy (non-hydrogen) atoms. The molecule has 1 N–H and O–H groups in total. The summed E-state index contributed by atoms with van der Waals surface area (Å²) in [6, 6.07) is 18.9. The lowest BCUT2D eigenvalue weighted by molar-refractivity contribution is -0.384. The number of rotatable bonds is 8. The van der Waals surface area contributed by atoms with E-state index in [9.17, 15) is 20.2 Å². The zero-order valence-corrected chi connectivity index (χ0v) is 19.2. The van der Waals surface area contributed by atoms with E-state index in [1.54, 1.807) is 35.0 Å². The van der Waals surface area contributed by atoms with Crippen molar-refractivity contribution >= 4 is 34.1 Å². The summed E-state index contributed by atoms with van der Waals surface area (Å²) < 4.78 is 7.39. The number of non-ortho nitro benzene ring substituents is 1. The number of nitrogens with one attached hydrogen (secondary N) is 1. The fraction of sp³-hybridized carbons (Fsp3) is 0.0833. The largest absolute Gasteiger partial charge is 0.486 e. The quantitative estimate of drug-likeness (QED) is 0.165. The highest BCUT2D eigenvalue weighted by Crippen LogP contribution is 2.23. The van der Waals surface area contributed by atoms with E-state index in [1.165, 1.54) is 18.2 Å². The number of aryl methyl sites for hydroxylation is 1. The Balaban J connectivity index is 1.47. The lowest BCUT2D eigenvalue weighted by atomic mass is 10.2. The van der Waals surface area contributed by atoms with Gasteiger partial charge < -0.3 is 9.30 Å². The van der Waals surface area contributed by atoms with E-state index in [1.807, 2.05) is 37.3 Å². The molecule has 4 rings (SSSR count). The molecule has 2 aromatic carbocycles. The van der Waals surface area contributed by atoms with E-state index in [2.05, 4.69) is 15.5 Å². The fourth-order valence-electron chi connectivity index (χ4n) is 3.18. The number of anilines is 1. The Hall–Kier alpha value is -4.82. The summed E-state index contributed by atoms with van der Waals surface area (Å²) >= 11 is 1.14. The normalized spacial score (nSPS) is 11.0. The number of carbonyl (C=O) groups is 1. The number of nitro benzene ring substituents is 1. The third kappa shape index (κ3) is 5.58. The molecule has 11 heteroatoms. The monoisotopic (exact) mass is 486 g/mol. The summed E-state index contributed by atoms with van der Waals surface area (Å²) in [5.41, 5.74) is 1.78. The maximum atomic E-state index is 12.7. The smallest absolute Gasteiger partial charge is 0.271 e. The van der Waals surface area contributed by atoms with E-state index >= 15 is 0 Å². The summed E-state index contributed by atoms with van der Waals surface area (Å²) in [6.45, 7) is 2.13. The van der Waals surface area contributed by atoms with Gasteiger partial charge in [-0.15, -0.1) is 10.2 Å². The summed E-state index contributed by atoms with van der Waals surface area (Å²) in [4.78, 5) is 23.3. The fourth-order valence-corrected chi connectivity index (χ4v) is 3.83. The lowest BCUT2D eigenvalue weighted by Crippen LogP contribution is -2.13. The van der Waals surface area contributed by atoms with Gasteiger partial charge in [-0.3, -0.25) is 20.2 Å². The molecule has 0 aliphatic heterocycles. The topological polar surface area (TPSA) is 136 Å². The van der Waals surface area contributed by atoms with Crippen LogP contribution in [0.1, 0.15) is 16.3 Å². The molecule has 2 aromatic heterocycles. The molecule has 1 amide bonds. The van der Waals surface area contributed by atoms with Gasteiger partial charge in [0.2, 0.25) is 5.13 Å². The predicted octanol–water partition coefficient (Wildman–Crippen LogP) is 4.67. The third-order valence-electron chi connectivity index (χ3n) is 4.89. The van der Waals surface area contributed by atoms with Crippen LogP contribution in [0.2, 0.25) is 0 Å². The number of hydrogen-bond acceptors (Lipinski definition) is 8. The van der Waals surface area contributed by atoms with E-state index in [0.717, 1.165) is 22.6 Å². The Morgan fingerprint density at radius 1 is 1.23 bits per heavy atom. The van der Waals surface area contributed by atoms with Crippen LogP contribution in [0.5, 0.6) is 5.75 Å². The highest BCUT2D eigenvalue weighted by Gasteiger charge is 2.15. The van der Waals surface area contributed by atoms with Gasteiger partial charge in [0.1, 0.15) is 24.0 Å². The number of nitro groups is 1.